The summed E-state index contributed by atoms with van der Waals surface area (Å²) in [6.07, 6.45) is 0.437. The van der Waals surface area contributed by atoms with Gasteiger partial charge in [-0.25, -0.2) is 0 Å². The molecular weight excluding hydrogens is 299 g/mol. The molecule has 0 amide bonds. The Morgan fingerprint density at radius 2 is 1.72 bits per heavy atom. The zero-order chi connectivity index (χ0) is 13.7. The van der Waals surface area contributed by atoms with Gasteiger partial charge in [-0.2, -0.15) is 0 Å². The molecule has 0 saturated carbocycles. The summed E-state index contributed by atoms with van der Waals surface area (Å²) >= 11 is 1.18. The molecule has 0 heterocycles. The molecule has 0 bridgehead atoms. The molecule has 0 spiro atoms. The van der Waals surface area contributed by atoms with E-state index in [0.717, 1.165) is 5.56 Å². The predicted molar refractivity (Wildman–Crippen MR) is 69.7 cm³/mol. The number of methoxy groups -OCH3 is 3. The van der Waals surface area contributed by atoms with Crippen molar-refractivity contribution in [2.24, 2.45) is 0 Å². The summed E-state index contributed by atoms with van der Waals surface area (Å²) in [4.78, 5) is 10.9. The maximum atomic E-state index is 10.9. The molecule has 100 valence electrons. The van der Waals surface area contributed by atoms with Gasteiger partial charge in [-0.3, -0.25) is 0 Å². The van der Waals surface area contributed by atoms with Crippen molar-refractivity contribution in [2.75, 3.05) is 21.3 Å². The van der Waals surface area contributed by atoms with Crippen LogP contribution in [0.15, 0.2) is 12.1 Å². The van der Waals surface area contributed by atoms with E-state index in [2.05, 4.69) is 0 Å². The first-order valence-corrected chi connectivity index (χ1v) is 6.70. The normalized spacial score (nSPS) is 11.8. The third-order valence-corrected chi connectivity index (χ3v) is 3.59. The van der Waals surface area contributed by atoms with Gasteiger partial charge in [0.05, 0.1) is 0 Å². The second-order valence-electron chi connectivity index (χ2n) is 3.68. The zero-order valence-electron chi connectivity index (χ0n) is 10.6. The Bertz CT molecular complexity index is 407. The van der Waals surface area contributed by atoms with Crippen LogP contribution in [0, 0.1) is 0 Å². The molecule has 0 aromatic heterocycles. The number of carboxylic acid groups (broad SMARTS) is 1. The van der Waals surface area contributed by atoms with Gasteiger partial charge < -0.3 is 0 Å². The summed E-state index contributed by atoms with van der Waals surface area (Å²) in [5, 5.41) is 8.93. The fourth-order valence-corrected chi connectivity index (χ4v) is 2.17. The SMILES string of the molecule is COc1cc(CC([AsH2])C(=O)O)cc(OC)c1OC. The number of rotatable bonds is 6. The van der Waals surface area contributed by atoms with E-state index < -0.39 is 10.7 Å². The summed E-state index contributed by atoms with van der Waals surface area (Å²) in [6, 6.07) is 3.55. The van der Waals surface area contributed by atoms with Crippen molar-refractivity contribution in [1.29, 1.82) is 0 Å². The van der Waals surface area contributed by atoms with Gasteiger partial charge in [0, 0.05) is 0 Å². The van der Waals surface area contributed by atoms with E-state index in [4.69, 9.17) is 19.3 Å². The Morgan fingerprint density at radius 1 is 1.22 bits per heavy atom. The standard InChI is InChI=1S/C12H17AsO5/c1-16-9-5-7(4-8(13)12(14)15)6-10(17-2)11(9)18-3/h5-6,8H,4,13H2,1-3H3,(H,14,15). The summed E-state index contributed by atoms with van der Waals surface area (Å²) in [5.41, 5.74) is 0.848. The third kappa shape index (κ3) is 3.32. The second-order valence-corrected chi connectivity index (χ2v) is 5.37. The van der Waals surface area contributed by atoms with Crippen LogP contribution < -0.4 is 14.2 Å². The average Bonchev–Trinajstić information content (AvgIpc) is 2.37. The number of hydrogen-bond acceptors (Lipinski definition) is 4. The van der Waals surface area contributed by atoms with E-state index in [1.165, 1.54) is 38.2 Å². The minimum absolute atomic E-state index is 0.402. The molecule has 0 aliphatic heterocycles. The molecule has 1 N–H and O–H groups in total. The molecule has 2 unspecified atom stereocenters. The summed E-state index contributed by atoms with van der Waals surface area (Å²) < 4.78 is 15.2. The number of benzene rings is 1. The molecule has 0 saturated heterocycles. The first kappa shape index (κ1) is 14.7. The van der Waals surface area contributed by atoms with Crippen LogP contribution in [0.25, 0.3) is 0 Å². The van der Waals surface area contributed by atoms with E-state index in [0.29, 0.717) is 23.7 Å². The van der Waals surface area contributed by atoms with Crippen LogP contribution in [0.4, 0.5) is 0 Å². The third-order valence-electron chi connectivity index (χ3n) is 2.50. The van der Waals surface area contributed by atoms with E-state index in [9.17, 15) is 4.79 Å². The molecule has 0 aliphatic carbocycles. The van der Waals surface area contributed by atoms with Gasteiger partial charge in [-0.05, 0) is 0 Å². The number of ether oxygens (including phenoxy) is 3. The molecule has 1 aromatic carbocycles. The average molecular weight is 316 g/mol. The van der Waals surface area contributed by atoms with E-state index >= 15 is 0 Å². The van der Waals surface area contributed by atoms with E-state index in [1.54, 1.807) is 12.1 Å². The molecule has 1 rings (SSSR count). The van der Waals surface area contributed by atoms with Crippen molar-refractivity contribution >= 4 is 22.8 Å². The number of carbonyl (C=O) groups is 1. The first-order chi connectivity index (χ1) is 8.53. The molecule has 0 aliphatic rings. The number of aliphatic carboxylic acids is 1. The fraction of sp³-hybridized carbons (Fsp3) is 0.417. The van der Waals surface area contributed by atoms with Crippen LogP contribution in [-0.4, -0.2) is 49.3 Å². The van der Waals surface area contributed by atoms with Crippen LogP contribution in [0.2, 0.25) is 4.71 Å². The fourth-order valence-electron chi connectivity index (χ4n) is 1.59. The maximum absolute atomic E-state index is 10.9. The summed E-state index contributed by atoms with van der Waals surface area (Å²) in [5.74, 6) is 0.787. The Labute approximate surface area is 115 Å². The Morgan fingerprint density at radius 3 is 2.06 bits per heavy atom. The molecular formula is C12H17AsO5. The Hall–Kier alpha value is -1.35. The van der Waals surface area contributed by atoms with Gasteiger partial charge in [0.25, 0.3) is 0 Å². The Kier molecular flexibility index (Phi) is 5.35. The molecule has 1 aromatic rings. The summed E-state index contributed by atoms with van der Waals surface area (Å²) in [7, 11) is 4.60. The van der Waals surface area contributed by atoms with Crippen LogP contribution in [0.3, 0.4) is 0 Å². The van der Waals surface area contributed by atoms with E-state index in [-0.39, 0.29) is 0 Å². The van der Waals surface area contributed by atoms with Crippen molar-refractivity contribution in [3.05, 3.63) is 17.7 Å². The van der Waals surface area contributed by atoms with Crippen LogP contribution >= 0.6 is 0 Å². The van der Waals surface area contributed by atoms with Crippen molar-refractivity contribution in [2.45, 2.75) is 11.1 Å². The van der Waals surface area contributed by atoms with Crippen molar-refractivity contribution in [3.63, 3.8) is 0 Å². The second kappa shape index (κ2) is 6.55. The first-order valence-electron chi connectivity index (χ1n) is 5.30. The minimum atomic E-state index is -0.802. The van der Waals surface area contributed by atoms with Crippen LogP contribution in [-0.2, 0) is 11.2 Å². The Balaban J connectivity index is 3.11. The van der Waals surface area contributed by atoms with Gasteiger partial charge >= 0.3 is 114 Å². The monoisotopic (exact) mass is 316 g/mol. The number of hydrogen-bond donors (Lipinski definition) is 1. The van der Waals surface area contributed by atoms with Crippen LogP contribution in [0.5, 0.6) is 17.2 Å². The quantitative estimate of drug-likeness (QED) is 0.785. The molecule has 6 heteroatoms. The van der Waals surface area contributed by atoms with Gasteiger partial charge in [-0.1, -0.05) is 0 Å². The van der Waals surface area contributed by atoms with Gasteiger partial charge in [0.1, 0.15) is 0 Å². The van der Waals surface area contributed by atoms with E-state index in [1.807, 2.05) is 0 Å². The van der Waals surface area contributed by atoms with Gasteiger partial charge in [-0.15, -0.1) is 0 Å². The topological polar surface area (TPSA) is 65.0 Å². The van der Waals surface area contributed by atoms with Crippen molar-refractivity contribution < 1.29 is 24.1 Å². The van der Waals surface area contributed by atoms with Crippen molar-refractivity contribution in [3.8, 4) is 17.2 Å². The number of carboxylic acids is 1. The summed E-state index contributed by atoms with van der Waals surface area (Å²) in [6.45, 7) is 0. The molecule has 18 heavy (non-hydrogen) atoms. The van der Waals surface area contributed by atoms with Crippen LogP contribution in [0.1, 0.15) is 5.56 Å². The molecule has 0 fully saturated rings. The van der Waals surface area contributed by atoms with Gasteiger partial charge in [0.2, 0.25) is 0 Å². The molecule has 0 radical (unpaired) electrons. The molecule has 5 nitrogen and oxygen atoms in total. The van der Waals surface area contributed by atoms with Crippen molar-refractivity contribution in [1.82, 2.24) is 0 Å². The van der Waals surface area contributed by atoms with Gasteiger partial charge in [0.15, 0.2) is 0 Å². The molecule has 2 atom stereocenters. The zero-order valence-corrected chi connectivity index (χ0v) is 13.0. The predicted octanol–water partition coefficient (Wildman–Crippen LogP) is 0.761.